The summed E-state index contributed by atoms with van der Waals surface area (Å²) in [6, 6.07) is 10.5. The zero-order chi connectivity index (χ0) is 31.9. The normalized spacial score (nSPS) is 18.3. The Morgan fingerprint density at radius 3 is 2.60 bits per heavy atom. The molecule has 2 aliphatic heterocycles. The number of amides is 2. The molecule has 8 nitrogen and oxygen atoms in total. The van der Waals surface area contributed by atoms with Gasteiger partial charge in [-0.2, -0.15) is 0 Å². The predicted molar refractivity (Wildman–Crippen MR) is 173 cm³/mol. The Hall–Kier alpha value is -3.57. The monoisotopic (exact) mass is 637 g/mol. The van der Waals surface area contributed by atoms with Gasteiger partial charge in [0.1, 0.15) is 17.6 Å². The number of benzene rings is 2. The Kier molecular flexibility index (Phi) is 8.85. The molecule has 0 unspecified atom stereocenters. The zero-order valence-electron chi connectivity index (χ0n) is 26.4. The van der Waals surface area contributed by atoms with Crippen LogP contribution in [-0.4, -0.2) is 75.7 Å². The molecular formula is C34H41F2N5O3S. The summed E-state index contributed by atoms with van der Waals surface area (Å²) < 4.78 is 37.5. The first-order valence-corrected chi connectivity index (χ1v) is 16.7. The molecular weight excluding hydrogens is 596 g/mol. The van der Waals surface area contributed by atoms with E-state index in [-0.39, 0.29) is 23.9 Å². The van der Waals surface area contributed by atoms with Crippen molar-refractivity contribution in [3.8, 4) is 11.3 Å². The zero-order valence-corrected chi connectivity index (χ0v) is 27.2. The van der Waals surface area contributed by atoms with Gasteiger partial charge in [-0.25, -0.2) is 18.6 Å². The van der Waals surface area contributed by atoms with Crippen LogP contribution in [0.15, 0.2) is 36.4 Å². The molecule has 4 heterocycles. The van der Waals surface area contributed by atoms with E-state index < -0.39 is 11.8 Å². The number of nitrogens with one attached hydrogen (secondary N) is 1. The van der Waals surface area contributed by atoms with Crippen molar-refractivity contribution in [1.29, 1.82) is 0 Å². The van der Waals surface area contributed by atoms with E-state index in [9.17, 15) is 14.0 Å². The van der Waals surface area contributed by atoms with Gasteiger partial charge in [-0.05, 0) is 102 Å². The van der Waals surface area contributed by atoms with Gasteiger partial charge in [-0.15, -0.1) is 0 Å². The summed E-state index contributed by atoms with van der Waals surface area (Å²) in [5.74, 6) is -0.509. The Labute approximate surface area is 266 Å². The highest BCUT2D eigenvalue weighted by Gasteiger charge is 2.33. The largest absolute Gasteiger partial charge is 0.444 e. The fraction of sp³-hybridized carbons (Fsp3) is 0.500. The van der Waals surface area contributed by atoms with Gasteiger partial charge < -0.3 is 19.9 Å². The number of aryl methyl sites for hydroxylation is 1. The number of fused-ring (bicyclic) bond motifs is 3. The minimum Gasteiger partial charge on any atom is -0.444 e. The average molecular weight is 638 g/mol. The number of hydrogen-bond donors (Lipinski definition) is 1. The Bertz CT molecular complexity index is 1720. The molecule has 2 amide bonds. The maximum absolute atomic E-state index is 15.7. The van der Waals surface area contributed by atoms with Crippen LogP contribution in [0.1, 0.15) is 80.5 Å². The van der Waals surface area contributed by atoms with E-state index in [0.717, 1.165) is 65.3 Å². The lowest BCUT2D eigenvalue weighted by atomic mass is 10.0. The smallest absolute Gasteiger partial charge is 0.410 e. The van der Waals surface area contributed by atoms with Gasteiger partial charge in [0.05, 0.1) is 22.0 Å². The molecule has 6 rings (SSSR count). The SMILES string of the molecule is Cc1c(-c2ccc([C@H]3CCCN3C(=O)OC(C)(C)C)cc2F)nc2sc3cc(C(=O)NCCCN4CCC(F)CC4)ccc3n12. The van der Waals surface area contributed by atoms with E-state index in [1.807, 2.05) is 56.4 Å². The molecule has 4 aromatic rings. The number of halogens is 2. The van der Waals surface area contributed by atoms with Crippen molar-refractivity contribution in [2.24, 2.45) is 0 Å². The first-order chi connectivity index (χ1) is 21.5. The number of rotatable bonds is 7. The molecule has 1 atom stereocenters. The molecule has 11 heteroatoms. The molecule has 2 aliphatic rings. The Morgan fingerprint density at radius 1 is 1.09 bits per heavy atom. The van der Waals surface area contributed by atoms with Crippen LogP contribution in [0, 0.1) is 12.7 Å². The lowest BCUT2D eigenvalue weighted by Gasteiger charge is -2.29. The molecule has 2 aromatic carbocycles. The summed E-state index contributed by atoms with van der Waals surface area (Å²) in [6.45, 7) is 11.0. The maximum Gasteiger partial charge on any atom is 0.410 e. The van der Waals surface area contributed by atoms with Crippen LogP contribution in [0.3, 0.4) is 0 Å². The summed E-state index contributed by atoms with van der Waals surface area (Å²) in [5, 5.41) is 3.00. The highest BCUT2D eigenvalue weighted by Crippen LogP contribution is 2.37. The van der Waals surface area contributed by atoms with Crippen LogP contribution in [0.5, 0.6) is 0 Å². The lowest BCUT2D eigenvalue weighted by Crippen LogP contribution is -2.36. The van der Waals surface area contributed by atoms with Crippen molar-refractivity contribution in [3.05, 3.63) is 59.0 Å². The van der Waals surface area contributed by atoms with Crippen LogP contribution in [0.4, 0.5) is 13.6 Å². The first kappa shape index (κ1) is 31.4. The summed E-state index contributed by atoms with van der Waals surface area (Å²) in [4.78, 5) is 35.1. The van der Waals surface area contributed by atoms with Gasteiger partial charge in [0.2, 0.25) is 0 Å². The third-order valence-corrected chi connectivity index (χ3v) is 9.71. The number of ether oxygens (including phenoxy) is 1. The second kappa shape index (κ2) is 12.7. The van der Waals surface area contributed by atoms with Crippen molar-refractivity contribution in [3.63, 3.8) is 0 Å². The number of piperidine rings is 1. The fourth-order valence-corrected chi connectivity index (χ4v) is 7.53. The van der Waals surface area contributed by atoms with E-state index in [2.05, 4.69) is 10.2 Å². The van der Waals surface area contributed by atoms with Crippen molar-refractivity contribution in [2.45, 2.75) is 77.6 Å². The number of aromatic nitrogens is 2. The standard InChI is InChI=1S/C34H41F2N5O3S/c1-21-30(25-10-8-22(19-26(25)36)27-7-5-16-40(27)33(43)44-34(2,3)4)38-32-41(21)28-11-9-23(20-29(28)45-32)31(42)37-14-6-15-39-17-12-24(35)13-18-39/h8-11,19-20,24,27H,5-7,12-18H2,1-4H3,(H,37,42)/t27-/m1/s1. The first-order valence-electron chi connectivity index (χ1n) is 15.8. The predicted octanol–water partition coefficient (Wildman–Crippen LogP) is 7.29. The number of imidazole rings is 1. The quantitative estimate of drug-likeness (QED) is 0.215. The van der Waals surface area contributed by atoms with Gasteiger partial charge in [-0.1, -0.05) is 17.4 Å². The van der Waals surface area contributed by atoms with Crippen LogP contribution in [0.2, 0.25) is 0 Å². The minimum absolute atomic E-state index is 0.127. The molecule has 2 aromatic heterocycles. The van der Waals surface area contributed by atoms with E-state index >= 15 is 4.39 Å². The van der Waals surface area contributed by atoms with E-state index in [4.69, 9.17) is 9.72 Å². The Morgan fingerprint density at radius 2 is 1.87 bits per heavy atom. The van der Waals surface area contributed by atoms with Crippen molar-refractivity contribution >= 4 is 38.5 Å². The van der Waals surface area contributed by atoms with Gasteiger partial charge >= 0.3 is 6.09 Å². The summed E-state index contributed by atoms with van der Waals surface area (Å²) >= 11 is 1.46. The minimum atomic E-state index is -0.680. The van der Waals surface area contributed by atoms with E-state index in [1.54, 1.807) is 11.0 Å². The van der Waals surface area contributed by atoms with Crippen molar-refractivity contribution in [1.82, 2.24) is 24.5 Å². The highest BCUT2D eigenvalue weighted by molar-refractivity contribution is 7.23. The summed E-state index contributed by atoms with van der Waals surface area (Å²) in [5.41, 5.74) is 3.43. The third kappa shape index (κ3) is 6.70. The molecule has 2 saturated heterocycles. The molecule has 0 saturated carbocycles. The molecule has 0 radical (unpaired) electrons. The summed E-state index contributed by atoms with van der Waals surface area (Å²) in [7, 11) is 0. The molecule has 0 bridgehead atoms. The lowest BCUT2D eigenvalue weighted by molar-refractivity contribution is 0.0224. The van der Waals surface area contributed by atoms with Crippen LogP contribution in [0.25, 0.3) is 26.4 Å². The second-order valence-corrected chi connectivity index (χ2v) is 14.2. The second-order valence-electron chi connectivity index (χ2n) is 13.1. The number of alkyl halides is 1. The number of likely N-dealkylation sites (tertiary alicyclic amines) is 2. The molecule has 1 N–H and O–H groups in total. The summed E-state index contributed by atoms with van der Waals surface area (Å²) in [6.07, 6.45) is 2.54. The van der Waals surface area contributed by atoms with Gasteiger partial charge in [0.25, 0.3) is 5.91 Å². The number of carbonyl (C=O) groups excluding carboxylic acids is 2. The molecule has 0 aliphatic carbocycles. The van der Waals surface area contributed by atoms with Crippen LogP contribution >= 0.6 is 11.3 Å². The molecule has 240 valence electrons. The van der Waals surface area contributed by atoms with Crippen LogP contribution < -0.4 is 5.32 Å². The number of carbonyl (C=O) groups is 2. The van der Waals surface area contributed by atoms with E-state index in [0.29, 0.717) is 42.8 Å². The molecule has 45 heavy (non-hydrogen) atoms. The van der Waals surface area contributed by atoms with Crippen molar-refractivity contribution < 1.29 is 23.1 Å². The van der Waals surface area contributed by atoms with Gasteiger partial charge in [-0.3, -0.25) is 9.20 Å². The maximum atomic E-state index is 15.7. The van der Waals surface area contributed by atoms with Gasteiger partial charge in [0, 0.05) is 43.0 Å². The third-order valence-electron chi connectivity index (χ3n) is 8.71. The average Bonchev–Trinajstić information content (AvgIpc) is 3.70. The van der Waals surface area contributed by atoms with E-state index in [1.165, 1.54) is 17.4 Å². The molecule has 2 fully saturated rings. The van der Waals surface area contributed by atoms with Crippen molar-refractivity contribution in [2.75, 3.05) is 32.7 Å². The molecule has 0 spiro atoms. The van der Waals surface area contributed by atoms with Gasteiger partial charge in [0.15, 0.2) is 4.96 Å². The highest BCUT2D eigenvalue weighted by atomic mass is 32.1. The Balaban J connectivity index is 1.15. The number of thiazole rings is 1. The van der Waals surface area contributed by atoms with Crippen LogP contribution in [-0.2, 0) is 4.74 Å². The number of nitrogens with zero attached hydrogens (tertiary/aromatic N) is 4. The fourth-order valence-electron chi connectivity index (χ4n) is 6.42. The topological polar surface area (TPSA) is 79.2 Å². The number of hydrogen-bond acceptors (Lipinski definition) is 6.